The van der Waals surface area contributed by atoms with Crippen molar-refractivity contribution in [3.8, 4) is 11.5 Å². The third-order valence-electron chi connectivity index (χ3n) is 5.24. The Labute approximate surface area is 186 Å². The minimum atomic E-state index is -0.372. The number of fused-ring (bicyclic) bond motifs is 1. The molecule has 4 aromatic rings. The molecule has 0 saturated heterocycles. The zero-order chi connectivity index (χ0) is 22.5. The predicted octanol–water partition coefficient (Wildman–Crippen LogP) is 4.86. The molecule has 7 heteroatoms. The van der Waals surface area contributed by atoms with Crippen LogP contribution in [0.3, 0.4) is 0 Å². The minimum absolute atomic E-state index is 0.372. The van der Waals surface area contributed by atoms with E-state index in [0.29, 0.717) is 37.0 Å². The van der Waals surface area contributed by atoms with E-state index in [1.165, 1.54) is 11.6 Å². The second kappa shape index (κ2) is 9.68. The van der Waals surface area contributed by atoms with Crippen LogP contribution in [0.2, 0.25) is 0 Å². The molecule has 2 heterocycles. The van der Waals surface area contributed by atoms with E-state index in [1.54, 1.807) is 16.8 Å². The SMILES string of the molecule is Cc1ccc(C(C)C)cc1OCc1cn(CCCOc2ccc3ccc(=O)oc3c2)nn1. The zero-order valence-corrected chi connectivity index (χ0v) is 18.6. The highest BCUT2D eigenvalue weighted by molar-refractivity contribution is 5.77. The van der Waals surface area contributed by atoms with Crippen molar-refractivity contribution in [1.29, 1.82) is 0 Å². The van der Waals surface area contributed by atoms with E-state index >= 15 is 0 Å². The number of aryl methyl sites for hydroxylation is 2. The summed E-state index contributed by atoms with van der Waals surface area (Å²) in [5.41, 5.74) is 3.29. The molecule has 0 aliphatic rings. The number of benzene rings is 2. The van der Waals surface area contributed by atoms with Gasteiger partial charge in [-0.05, 0) is 48.2 Å². The van der Waals surface area contributed by atoms with Gasteiger partial charge in [0.1, 0.15) is 29.4 Å². The maximum atomic E-state index is 11.4. The van der Waals surface area contributed by atoms with Gasteiger partial charge in [0.15, 0.2) is 0 Å². The van der Waals surface area contributed by atoms with Crippen LogP contribution in [0.15, 0.2) is 63.9 Å². The quantitative estimate of drug-likeness (QED) is 0.277. The van der Waals surface area contributed by atoms with Gasteiger partial charge in [-0.3, -0.25) is 4.68 Å². The number of aromatic nitrogens is 3. The summed E-state index contributed by atoms with van der Waals surface area (Å²) >= 11 is 0. The Balaban J connectivity index is 1.26. The maximum absolute atomic E-state index is 11.4. The van der Waals surface area contributed by atoms with Crippen molar-refractivity contribution in [2.45, 2.75) is 46.3 Å². The van der Waals surface area contributed by atoms with Gasteiger partial charge in [0.25, 0.3) is 0 Å². The van der Waals surface area contributed by atoms with Crippen LogP contribution < -0.4 is 15.1 Å². The summed E-state index contributed by atoms with van der Waals surface area (Å²) in [5, 5.41) is 9.24. The molecule has 0 aliphatic carbocycles. The van der Waals surface area contributed by atoms with Gasteiger partial charge >= 0.3 is 5.63 Å². The molecule has 0 N–H and O–H groups in total. The Morgan fingerprint density at radius 2 is 1.91 bits per heavy atom. The van der Waals surface area contributed by atoms with Crippen molar-refractivity contribution < 1.29 is 13.9 Å². The van der Waals surface area contributed by atoms with E-state index in [4.69, 9.17) is 13.9 Å². The van der Waals surface area contributed by atoms with Gasteiger partial charge in [0.05, 0.1) is 12.8 Å². The molecule has 32 heavy (non-hydrogen) atoms. The molecule has 2 aromatic carbocycles. The summed E-state index contributed by atoms with van der Waals surface area (Å²) in [5.74, 6) is 2.00. The maximum Gasteiger partial charge on any atom is 0.336 e. The van der Waals surface area contributed by atoms with Gasteiger partial charge in [-0.1, -0.05) is 31.2 Å². The van der Waals surface area contributed by atoms with Crippen LogP contribution in [0.25, 0.3) is 11.0 Å². The highest BCUT2D eigenvalue weighted by Gasteiger charge is 2.07. The molecule has 0 bridgehead atoms. The van der Waals surface area contributed by atoms with Gasteiger partial charge in [-0.15, -0.1) is 5.10 Å². The third-order valence-corrected chi connectivity index (χ3v) is 5.24. The Kier molecular flexibility index (Phi) is 6.54. The van der Waals surface area contributed by atoms with Crippen LogP contribution in [0.5, 0.6) is 11.5 Å². The molecule has 0 unspecified atom stereocenters. The van der Waals surface area contributed by atoms with E-state index in [-0.39, 0.29) is 5.63 Å². The van der Waals surface area contributed by atoms with Gasteiger partial charge in [-0.25, -0.2) is 4.79 Å². The highest BCUT2D eigenvalue weighted by Crippen LogP contribution is 2.25. The normalized spacial score (nSPS) is 11.2. The lowest BCUT2D eigenvalue weighted by Crippen LogP contribution is -2.05. The van der Waals surface area contributed by atoms with E-state index in [0.717, 1.165) is 28.8 Å². The molecule has 7 nitrogen and oxygen atoms in total. The molecule has 0 amide bonds. The molecule has 0 fully saturated rings. The number of nitrogens with zero attached hydrogens (tertiary/aromatic N) is 3. The first-order valence-electron chi connectivity index (χ1n) is 10.8. The average Bonchev–Trinajstić information content (AvgIpc) is 3.23. The lowest BCUT2D eigenvalue weighted by atomic mass is 10.0. The van der Waals surface area contributed by atoms with Gasteiger partial charge in [-0.2, -0.15) is 0 Å². The highest BCUT2D eigenvalue weighted by atomic mass is 16.5. The van der Waals surface area contributed by atoms with Crippen LogP contribution in [-0.2, 0) is 13.2 Å². The predicted molar refractivity (Wildman–Crippen MR) is 122 cm³/mol. The molecule has 0 aliphatic heterocycles. The van der Waals surface area contributed by atoms with Crippen molar-refractivity contribution in [3.63, 3.8) is 0 Å². The van der Waals surface area contributed by atoms with Gasteiger partial charge in [0, 0.05) is 30.5 Å². The van der Waals surface area contributed by atoms with Crippen LogP contribution >= 0.6 is 0 Å². The summed E-state index contributed by atoms with van der Waals surface area (Å²) in [6, 6.07) is 14.9. The number of hydrogen-bond donors (Lipinski definition) is 0. The number of rotatable bonds is 9. The Morgan fingerprint density at radius 1 is 1.06 bits per heavy atom. The molecular formula is C25H27N3O4. The van der Waals surface area contributed by atoms with E-state index in [9.17, 15) is 4.79 Å². The molecule has 4 rings (SSSR count). The molecule has 0 radical (unpaired) electrons. The first-order chi connectivity index (χ1) is 15.5. The van der Waals surface area contributed by atoms with Crippen molar-refractivity contribution in [1.82, 2.24) is 15.0 Å². The zero-order valence-electron chi connectivity index (χ0n) is 18.6. The number of ether oxygens (including phenoxy) is 2. The third kappa shape index (κ3) is 5.35. The molecule has 0 spiro atoms. The van der Waals surface area contributed by atoms with Crippen LogP contribution in [0.1, 0.15) is 43.0 Å². The van der Waals surface area contributed by atoms with Crippen molar-refractivity contribution in [2.75, 3.05) is 6.61 Å². The van der Waals surface area contributed by atoms with E-state index in [1.807, 2.05) is 25.3 Å². The first kappa shape index (κ1) is 21.6. The molecule has 166 valence electrons. The van der Waals surface area contributed by atoms with E-state index < -0.39 is 0 Å². The van der Waals surface area contributed by atoms with Crippen LogP contribution in [0, 0.1) is 6.92 Å². The largest absolute Gasteiger partial charge is 0.493 e. The lowest BCUT2D eigenvalue weighted by molar-refractivity contribution is 0.297. The second-order valence-corrected chi connectivity index (χ2v) is 8.10. The van der Waals surface area contributed by atoms with Crippen LogP contribution in [-0.4, -0.2) is 21.6 Å². The standard InChI is InChI=1S/C25H27N3O4/c1-17(2)20-6-5-18(3)23(13-20)31-16-21-15-28(27-26-21)11-4-12-30-22-9-7-19-8-10-25(29)32-24(19)14-22/h5-10,13-15,17H,4,11-12,16H2,1-3H3. The van der Waals surface area contributed by atoms with E-state index in [2.05, 4.69) is 42.4 Å². The summed E-state index contributed by atoms with van der Waals surface area (Å²) in [6.45, 7) is 7.94. The number of hydrogen-bond acceptors (Lipinski definition) is 6. The topological polar surface area (TPSA) is 79.4 Å². The molecule has 0 saturated carbocycles. The Hall–Kier alpha value is -3.61. The minimum Gasteiger partial charge on any atom is -0.493 e. The molecular weight excluding hydrogens is 406 g/mol. The summed E-state index contributed by atoms with van der Waals surface area (Å²) in [7, 11) is 0. The lowest BCUT2D eigenvalue weighted by Gasteiger charge is -2.11. The fraction of sp³-hybridized carbons (Fsp3) is 0.320. The first-order valence-corrected chi connectivity index (χ1v) is 10.8. The van der Waals surface area contributed by atoms with Crippen molar-refractivity contribution >= 4 is 11.0 Å². The Bertz CT molecular complexity index is 1260. The average molecular weight is 434 g/mol. The smallest absolute Gasteiger partial charge is 0.336 e. The van der Waals surface area contributed by atoms with Crippen LogP contribution in [0.4, 0.5) is 0 Å². The Morgan fingerprint density at radius 3 is 2.75 bits per heavy atom. The van der Waals surface area contributed by atoms with Gasteiger partial charge in [0.2, 0.25) is 0 Å². The summed E-state index contributed by atoms with van der Waals surface area (Å²) in [6.07, 6.45) is 2.66. The van der Waals surface area contributed by atoms with Crippen molar-refractivity contribution in [3.05, 3.63) is 82.0 Å². The van der Waals surface area contributed by atoms with Gasteiger partial charge < -0.3 is 13.9 Å². The van der Waals surface area contributed by atoms with Crippen molar-refractivity contribution in [2.24, 2.45) is 0 Å². The molecule has 0 atom stereocenters. The monoisotopic (exact) mass is 433 g/mol. The second-order valence-electron chi connectivity index (χ2n) is 8.10. The summed E-state index contributed by atoms with van der Waals surface area (Å²) in [4.78, 5) is 11.4. The molecule has 2 aromatic heterocycles. The fourth-order valence-electron chi connectivity index (χ4n) is 3.34. The fourth-order valence-corrected chi connectivity index (χ4v) is 3.34. The summed E-state index contributed by atoms with van der Waals surface area (Å²) < 4.78 is 18.7.